The number of esters is 1. The van der Waals surface area contributed by atoms with Gasteiger partial charge in [0.2, 0.25) is 0 Å². The van der Waals surface area contributed by atoms with Crippen LogP contribution in [-0.2, 0) is 9.53 Å². The van der Waals surface area contributed by atoms with Crippen molar-refractivity contribution in [3.63, 3.8) is 0 Å². The summed E-state index contributed by atoms with van der Waals surface area (Å²) in [5, 5.41) is 3.27. The van der Waals surface area contributed by atoms with Crippen molar-refractivity contribution in [1.29, 1.82) is 0 Å². The van der Waals surface area contributed by atoms with Crippen molar-refractivity contribution < 1.29 is 9.53 Å². The van der Waals surface area contributed by atoms with Gasteiger partial charge in [-0.15, -0.1) is 0 Å². The molecule has 0 radical (unpaired) electrons. The third-order valence-electron chi connectivity index (χ3n) is 1.88. The molecule has 0 bridgehead atoms. The molecule has 84 valence electrons. The van der Waals surface area contributed by atoms with E-state index in [-0.39, 0.29) is 23.0 Å². The molecule has 3 heteroatoms. The van der Waals surface area contributed by atoms with Crippen LogP contribution in [0, 0.1) is 5.41 Å². The zero-order valence-corrected chi connectivity index (χ0v) is 10.4. The van der Waals surface area contributed by atoms with E-state index in [1.807, 2.05) is 41.5 Å². The van der Waals surface area contributed by atoms with Gasteiger partial charge in [-0.25, -0.2) is 0 Å². The predicted molar refractivity (Wildman–Crippen MR) is 58.1 cm³/mol. The number of rotatable bonds is 2. The quantitative estimate of drug-likeness (QED) is 0.694. The summed E-state index contributed by atoms with van der Waals surface area (Å²) in [6.45, 7) is 12.2. The summed E-state index contributed by atoms with van der Waals surface area (Å²) in [6.07, 6.45) is 0. The summed E-state index contributed by atoms with van der Waals surface area (Å²) in [6, 6.07) is -0.271. The third-order valence-corrected chi connectivity index (χ3v) is 1.88. The molecule has 0 aliphatic rings. The highest BCUT2D eigenvalue weighted by atomic mass is 16.5. The first-order chi connectivity index (χ1) is 6.08. The van der Waals surface area contributed by atoms with E-state index in [0.717, 1.165) is 0 Å². The lowest BCUT2D eigenvalue weighted by molar-refractivity contribution is -0.146. The fourth-order valence-corrected chi connectivity index (χ4v) is 1.18. The molecule has 0 aromatic heterocycles. The minimum absolute atomic E-state index is 0.0911. The van der Waals surface area contributed by atoms with Crippen LogP contribution in [0.3, 0.4) is 0 Å². The number of hydrogen-bond donors (Lipinski definition) is 1. The molecule has 0 aromatic carbocycles. The molecule has 0 aromatic rings. The van der Waals surface area contributed by atoms with Crippen LogP contribution in [0.2, 0.25) is 0 Å². The van der Waals surface area contributed by atoms with Crippen molar-refractivity contribution in [1.82, 2.24) is 5.32 Å². The van der Waals surface area contributed by atoms with E-state index in [1.54, 1.807) is 0 Å². The summed E-state index contributed by atoms with van der Waals surface area (Å²) >= 11 is 0. The van der Waals surface area contributed by atoms with Crippen LogP contribution in [0.25, 0.3) is 0 Å². The van der Waals surface area contributed by atoms with Gasteiger partial charge in [0.15, 0.2) is 0 Å². The molecule has 0 aliphatic heterocycles. The molecule has 0 aliphatic carbocycles. The SMILES string of the molecule is COC(=O)[C@H](NC(C)(C)C)C(C)(C)C. The molecular formula is C11H23NO2. The molecule has 1 N–H and O–H groups in total. The number of methoxy groups -OCH3 is 1. The van der Waals surface area contributed by atoms with Crippen molar-refractivity contribution in [2.75, 3.05) is 7.11 Å². The lowest BCUT2D eigenvalue weighted by Crippen LogP contribution is -2.54. The first kappa shape index (κ1) is 13.4. The Morgan fingerprint density at radius 1 is 1.14 bits per heavy atom. The van der Waals surface area contributed by atoms with Crippen LogP contribution in [0.15, 0.2) is 0 Å². The second-order valence-electron chi connectivity index (χ2n) is 5.72. The predicted octanol–water partition coefficient (Wildman–Crippen LogP) is 1.96. The van der Waals surface area contributed by atoms with E-state index >= 15 is 0 Å². The van der Waals surface area contributed by atoms with Gasteiger partial charge in [-0.2, -0.15) is 0 Å². The second-order valence-corrected chi connectivity index (χ2v) is 5.72. The number of carbonyl (C=O) groups excluding carboxylic acids is 1. The van der Waals surface area contributed by atoms with E-state index in [0.29, 0.717) is 0 Å². The molecule has 14 heavy (non-hydrogen) atoms. The highest BCUT2D eigenvalue weighted by Gasteiger charge is 2.34. The van der Waals surface area contributed by atoms with E-state index in [9.17, 15) is 4.79 Å². The van der Waals surface area contributed by atoms with Crippen molar-refractivity contribution in [3.8, 4) is 0 Å². The molecule has 0 spiro atoms. The van der Waals surface area contributed by atoms with Crippen LogP contribution in [0.1, 0.15) is 41.5 Å². The van der Waals surface area contributed by atoms with Crippen LogP contribution >= 0.6 is 0 Å². The third kappa shape index (κ3) is 4.61. The molecule has 0 rings (SSSR count). The summed E-state index contributed by atoms with van der Waals surface area (Å²) in [5.74, 6) is -0.201. The Morgan fingerprint density at radius 3 is 1.79 bits per heavy atom. The Kier molecular flexibility index (Phi) is 4.13. The van der Waals surface area contributed by atoms with E-state index < -0.39 is 0 Å². The first-order valence-corrected chi connectivity index (χ1v) is 4.93. The highest BCUT2D eigenvalue weighted by molar-refractivity contribution is 5.76. The van der Waals surface area contributed by atoms with E-state index in [2.05, 4.69) is 5.32 Å². The average Bonchev–Trinajstić information content (AvgIpc) is 1.95. The Morgan fingerprint density at radius 2 is 1.57 bits per heavy atom. The van der Waals surface area contributed by atoms with E-state index in [1.165, 1.54) is 7.11 Å². The van der Waals surface area contributed by atoms with Crippen LogP contribution in [-0.4, -0.2) is 24.7 Å². The number of ether oxygens (including phenoxy) is 1. The smallest absolute Gasteiger partial charge is 0.323 e. The summed E-state index contributed by atoms with van der Waals surface area (Å²) < 4.78 is 4.78. The second kappa shape index (κ2) is 4.30. The Balaban J connectivity index is 4.67. The van der Waals surface area contributed by atoms with Gasteiger partial charge < -0.3 is 4.74 Å². The topological polar surface area (TPSA) is 38.3 Å². The molecule has 0 saturated carbocycles. The number of carbonyl (C=O) groups is 1. The minimum Gasteiger partial charge on any atom is -0.468 e. The zero-order valence-electron chi connectivity index (χ0n) is 10.4. The fourth-order valence-electron chi connectivity index (χ4n) is 1.18. The van der Waals surface area contributed by atoms with Crippen LogP contribution < -0.4 is 5.32 Å². The van der Waals surface area contributed by atoms with Gasteiger partial charge in [-0.05, 0) is 26.2 Å². The Hall–Kier alpha value is -0.570. The molecule has 0 unspecified atom stereocenters. The molecule has 0 fully saturated rings. The van der Waals surface area contributed by atoms with E-state index in [4.69, 9.17) is 4.74 Å². The standard InChI is InChI=1S/C11H23NO2/c1-10(2,3)8(9(13)14-7)12-11(4,5)6/h8,12H,1-7H3/t8-/m0/s1. The van der Waals surface area contributed by atoms with Gasteiger partial charge in [0.1, 0.15) is 6.04 Å². The van der Waals surface area contributed by atoms with Gasteiger partial charge in [0, 0.05) is 5.54 Å². The van der Waals surface area contributed by atoms with Gasteiger partial charge >= 0.3 is 5.97 Å². The van der Waals surface area contributed by atoms with Crippen molar-refractivity contribution in [2.24, 2.45) is 5.41 Å². The fraction of sp³-hybridized carbons (Fsp3) is 0.909. The Labute approximate surface area is 87.2 Å². The zero-order chi connectivity index (χ0) is 11.6. The molecular weight excluding hydrogens is 178 g/mol. The normalized spacial score (nSPS) is 15.1. The number of nitrogens with one attached hydrogen (secondary N) is 1. The Bertz CT molecular complexity index is 198. The molecule has 1 atom stereocenters. The van der Waals surface area contributed by atoms with Crippen LogP contribution in [0.5, 0.6) is 0 Å². The summed E-state index contributed by atoms with van der Waals surface area (Å²) in [7, 11) is 1.42. The maximum Gasteiger partial charge on any atom is 0.323 e. The molecule has 0 amide bonds. The first-order valence-electron chi connectivity index (χ1n) is 4.93. The molecule has 0 heterocycles. The van der Waals surface area contributed by atoms with Crippen molar-refractivity contribution in [2.45, 2.75) is 53.1 Å². The molecule has 3 nitrogen and oxygen atoms in total. The largest absolute Gasteiger partial charge is 0.468 e. The maximum absolute atomic E-state index is 11.6. The average molecular weight is 201 g/mol. The number of hydrogen-bond acceptors (Lipinski definition) is 3. The van der Waals surface area contributed by atoms with Crippen molar-refractivity contribution in [3.05, 3.63) is 0 Å². The van der Waals surface area contributed by atoms with Gasteiger partial charge in [0.05, 0.1) is 7.11 Å². The summed E-state index contributed by atoms with van der Waals surface area (Å²) in [5.41, 5.74) is -0.230. The molecule has 0 saturated heterocycles. The highest BCUT2D eigenvalue weighted by Crippen LogP contribution is 2.22. The van der Waals surface area contributed by atoms with Gasteiger partial charge in [-0.3, -0.25) is 10.1 Å². The van der Waals surface area contributed by atoms with Crippen molar-refractivity contribution >= 4 is 5.97 Å². The summed E-state index contributed by atoms with van der Waals surface area (Å²) in [4.78, 5) is 11.6. The lowest BCUT2D eigenvalue weighted by atomic mass is 9.85. The van der Waals surface area contributed by atoms with Gasteiger partial charge in [0.25, 0.3) is 0 Å². The minimum atomic E-state index is -0.271. The lowest BCUT2D eigenvalue weighted by Gasteiger charge is -2.35. The van der Waals surface area contributed by atoms with Gasteiger partial charge in [-0.1, -0.05) is 20.8 Å². The monoisotopic (exact) mass is 201 g/mol. The van der Waals surface area contributed by atoms with Crippen LogP contribution in [0.4, 0.5) is 0 Å². The maximum atomic E-state index is 11.6.